The second-order valence-corrected chi connectivity index (χ2v) is 9.21. The van der Waals surface area contributed by atoms with Crippen molar-refractivity contribution in [3.05, 3.63) is 63.7 Å². The molecule has 1 aromatic heterocycles. The number of carbonyl (C=O) groups is 1. The maximum Gasteiger partial charge on any atom is 0.262 e. The zero-order valence-corrected chi connectivity index (χ0v) is 21.0. The number of likely N-dealkylation sites (tertiary alicyclic amines) is 1. The number of H-pyrrole nitrogens is 1. The van der Waals surface area contributed by atoms with E-state index in [9.17, 15) is 9.59 Å². The number of nitrogens with zero attached hydrogens (tertiary/aromatic N) is 2. The van der Waals surface area contributed by atoms with E-state index in [1.807, 2.05) is 60.4 Å². The predicted octanol–water partition coefficient (Wildman–Crippen LogP) is 5.09. The molecule has 8 heteroatoms. The Hall–Kier alpha value is -3.13. The van der Waals surface area contributed by atoms with Crippen molar-refractivity contribution < 1.29 is 14.3 Å². The van der Waals surface area contributed by atoms with Gasteiger partial charge in [0.15, 0.2) is 16.3 Å². The van der Waals surface area contributed by atoms with Gasteiger partial charge in [-0.2, -0.15) is 0 Å². The smallest absolute Gasteiger partial charge is 0.262 e. The van der Waals surface area contributed by atoms with Gasteiger partial charge in [-0.3, -0.25) is 14.2 Å². The molecule has 0 aliphatic carbocycles. The fourth-order valence-corrected chi connectivity index (χ4v) is 4.79. The highest BCUT2D eigenvalue weighted by atomic mass is 32.1. The molecule has 35 heavy (non-hydrogen) atoms. The van der Waals surface area contributed by atoms with Gasteiger partial charge in [-0.25, -0.2) is 0 Å². The van der Waals surface area contributed by atoms with Gasteiger partial charge in [0.25, 0.3) is 5.56 Å². The minimum Gasteiger partial charge on any atom is -0.490 e. The molecule has 1 amide bonds. The molecule has 4 rings (SSSR count). The van der Waals surface area contributed by atoms with E-state index in [-0.39, 0.29) is 17.6 Å². The number of fused-ring (bicyclic) bond motifs is 1. The van der Waals surface area contributed by atoms with Crippen LogP contribution in [0.5, 0.6) is 11.5 Å². The molecule has 0 spiro atoms. The third-order valence-corrected chi connectivity index (χ3v) is 6.72. The SMILES string of the molecule is CCOc1ccccc1OC1CCN(C(=O)CCCCCn2c(=S)[nH]c3ccccc3c2=O)CC1. The highest BCUT2D eigenvalue weighted by molar-refractivity contribution is 7.71. The Morgan fingerprint density at radius 1 is 1.03 bits per heavy atom. The van der Waals surface area contributed by atoms with Crippen LogP contribution in [0, 0.1) is 4.77 Å². The number of unbranched alkanes of at least 4 members (excludes halogenated alkanes) is 2. The highest BCUT2D eigenvalue weighted by Crippen LogP contribution is 2.29. The van der Waals surface area contributed by atoms with Crippen LogP contribution in [0.4, 0.5) is 0 Å². The molecule has 186 valence electrons. The fourth-order valence-electron chi connectivity index (χ4n) is 4.51. The highest BCUT2D eigenvalue weighted by Gasteiger charge is 2.24. The Morgan fingerprint density at radius 3 is 2.51 bits per heavy atom. The maximum atomic E-state index is 12.7. The van der Waals surface area contributed by atoms with Crippen LogP contribution in [0.3, 0.4) is 0 Å². The number of piperidine rings is 1. The van der Waals surface area contributed by atoms with E-state index in [4.69, 9.17) is 21.7 Å². The van der Waals surface area contributed by atoms with E-state index >= 15 is 0 Å². The summed E-state index contributed by atoms with van der Waals surface area (Å²) in [5.41, 5.74) is 0.700. The number of rotatable bonds is 10. The van der Waals surface area contributed by atoms with Crippen LogP contribution in [0.25, 0.3) is 10.9 Å². The van der Waals surface area contributed by atoms with Gasteiger partial charge in [0.1, 0.15) is 6.10 Å². The molecule has 0 bridgehead atoms. The van der Waals surface area contributed by atoms with Crippen molar-refractivity contribution in [3.8, 4) is 11.5 Å². The summed E-state index contributed by atoms with van der Waals surface area (Å²) >= 11 is 5.37. The first-order chi connectivity index (χ1) is 17.1. The first-order valence-corrected chi connectivity index (χ1v) is 12.9. The largest absolute Gasteiger partial charge is 0.490 e. The van der Waals surface area contributed by atoms with Crippen molar-refractivity contribution >= 4 is 29.0 Å². The number of nitrogens with one attached hydrogen (secondary N) is 1. The number of amides is 1. The van der Waals surface area contributed by atoms with Crippen molar-refractivity contribution in [2.24, 2.45) is 0 Å². The van der Waals surface area contributed by atoms with E-state index < -0.39 is 0 Å². The molecule has 0 radical (unpaired) electrons. The summed E-state index contributed by atoms with van der Waals surface area (Å²) in [6, 6.07) is 15.1. The molecule has 1 aliphatic rings. The van der Waals surface area contributed by atoms with Crippen molar-refractivity contribution in [1.82, 2.24) is 14.5 Å². The molecule has 0 unspecified atom stereocenters. The number of para-hydroxylation sites is 3. The Kier molecular flexibility index (Phi) is 8.58. The van der Waals surface area contributed by atoms with Crippen molar-refractivity contribution in [1.29, 1.82) is 0 Å². The maximum absolute atomic E-state index is 12.7. The first-order valence-electron chi connectivity index (χ1n) is 12.4. The molecule has 1 fully saturated rings. The lowest BCUT2D eigenvalue weighted by Crippen LogP contribution is -2.41. The lowest BCUT2D eigenvalue weighted by molar-refractivity contribution is -0.133. The number of aromatic nitrogens is 2. The molecule has 7 nitrogen and oxygen atoms in total. The molecule has 0 saturated carbocycles. The summed E-state index contributed by atoms with van der Waals surface area (Å²) in [6.07, 6.45) is 4.72. The number of aromatic amines is 1. The molecular weight excluding hydrogens is 462 g/mol. The first kappa shape index (κ1) is 25.0. The second kappa shape index (κ2) is 12.0. The van der Waals surface area contributed by atoms with Gasteiger partial charge < -0.3 is 19.4 Å². The van der Waals surface area contributed by atoms with Gasteiger partial charge in [0.05, 0.1) is 17.5 Å². The Labute approximate surface area is 210 Å². The standard InChI is InChI=1S/C27H33N3O4S/c1-2-33-23-12-7-8-13-24(23)34-20-15-18-29(19-16-20)25(31)14-4-3-9-17-30-26(32)21-10-5-6-11-22(21)28-27(30)35/h5-8,10-13,20H,2-4,9,14-19H2,1H3,(H,28,35). The molecule has 1 saturated heterocycles. The van der Waals surface area contributed by atoms with Gasteiger partial charge in [0, 0.05) is 38.9 Å². The molecule has 3 aromatic rings. The molecule has 2 aromatic carbocycles. The zero-order valence-electron chi connectivity index (χ0n) is 20.2. The summed E-state index contributed by atoms with van der Waals surface area (Å²) in [6.45, 7) is 4.53. The topological polar surface area (TPSA) is 76.6 Å². The number of hydrogen-bond donors (Lipinski definition) is 1. The zero-order chi connectivity index (χ0) is 24.6. The summed E-state index contributed by atoms with van der Waals surface area (Å²) in [7, 11) is 0. The summed E-state index contributed by atoms with van der Waals surface area (Å²) < 4.78 is 13.9. The van der Waals surface area contributed by atoms with E-state index in [1.54, 1.807) is 4.57 Å². The molecule has 1 N–H and O–H groups in total. The van der Waals surface area contributed by atoms with Gasteiger partial charge in [-0.15, -0.1) is 0 Å². The van der Waals surface area contributed by atoms with Crippen LogP contribution < -0.4 is 15.0 Å². The van der Waals surface area contributed by atoms with Gasteiger partial charge in [0.2, 0.25) is 5.91 Å². The van der Waals surface area contributed by atoms with Crippen LogP contribution >= 0.6 is 12.2 Å². The van der Waals surface area contributed by atoms with E-state index in [2.05, 4.69) is 4.98 Å². The Balaban J connectivity index is 1.19. The number of carbonyl (C=O) groups excluding carboxylic acids is 1. The van der Waals surface area contributed by atoms with Gasteiger partial charge in [-0.1, -0.05) is 30.7 Å². The molecule has 0 atom stereocenters. The van der Waals surface area contributed by atoms with E-state index in [1.165, 1.54) is 0 Å². The van der Waals surface area contributed by atoms with E-state index in [0.717, 1.165) is 49.1 Å². The second-order valence-electron chi connectivity index (χ2n) is 8.82. The number of benzene rings is 2. The van der Waals surface area contributed by atoms with Crippen LogP contribution in [0.2, 0.25) is 0 Å². The van der Waals surface area contributed by atoms with Gasteiger partial charge in [-0.05, 0) is 56.2 Å². The third kappa shape index (κ3) is 6.31. The van der Waals surface area contributed by atoms with Crippen molar-refractivity contribution in [2.45, 2.75) is 58.1 Å². The summed E-state index contributed by atoms with van der Waals surface area (Å²) in [5.74, 6) is 1.73. The Bertz CT molecular complexity index is 1260. The number of hydrogen-bond acceptors (Lipinski definition) is 5. The fraction of sp³-hybridized carbons (Fsp3) is 0.444. The van der Waals surface area contributed by atoms with E-state index in [0.29, 0.717) is 42.8 Å². The van der Waals surface area contributed by atoms with Crippen LogP contribution in [-0.2, 0) is 11.3 Å². The normalized spacial score (nSPS) is 14.3. The molecule has 2 heterocycles. The molecular formula is C27H33N3O4S. The Morgan fingerprint density at radius 2 is 1.74 bits per heavy atom. The van der Waals surface area contributed by atoms with Gasteiger partial charge >= 0.3 is 0 Å². The minimum atomic E-state index is -0.0607. The van der Waals surface area contributed by atoms with Crippen molar-refractivity contribution in [3.63, 3.8) is 0 Å². The number of ether oxygens (including phenoxy) is 2. The predicted molar refractivity (Wildman–Crippen MR) is 140 cm³/mol. The van der Waals surface area contributed by atoms with Crippen LogP contribution in [-0.4, -0.2) is 46.2 Å². The summed E-state index contributed by atoms with van der Waals surface area (Å²) in [5, 5.41) is 0.644. The third-order valence-electron chi connectivity index (χ3n) is 6.40. The quantitative estimate of drug-likeness (QED) is 0.313. The van der Waals surface area contributed by atoms with Crippen molar-refractivity contribution in [2.75, 3.05) is 19.7 Å². The lowest BCUT2D eigenvalue weighted by Gasteiger charge is -2.32. The van der Waals surface area contributed by atoms with Crippen LogP contribution in [0.15, 0.2) is 53.3 Å². The lowest BCUT2D eigenvalue weighted by atomic mass is 10.1. The summed E-state index contributed by atoms with van der Waals surface area (Å²) in [4.78, 5) is 30.5. The van der Waals surface area contributed by atoms with Crippen LogP contribution in [0.1, 0.15) is 45.4 Å². The monoisotopic (exact) mass is 495 g/mol. The average Bonchev–Trinajstić information content (AvgIpc) is 2.87. The average molecular weight is 496 g/mol. The molecule has 1 aliphatic heterocycles. The minimum absolute atomic E-state index is 0.0607.